The third-order valence-corrected chi connectivity index (χ3v) is 4.39. The van der Waals surface area contributed by atoms with Crippen LogP contribution in [0.2, 0.25) is 0 Å². The molecule has 1 aromatic heterocycles. The zero-order chi connectivity index (χ0) is 23.3. The van der Waals surface area contributed by atoms with Crippen molar-refractivity contribution in [3.8, 4) is 0 Å². The van der Waals surface area contributed by atoms with E-state index < -0.39 is 36.1 Å². The second-order valence-corrected chi connectivity index (χ2v) is 6.87. The van der Waals surface area contributed by atoms with Crippen molar-refractivity contribution in [1.82, 2.24) is 16.0 Å². The van der Waals surface area contributed by atoms with Crippen LogP contribution in [0.25, 0.3) is 0 Å². The minimum absolute atomic E-state index is 0.00512. The van der Waals surface area contributed by atoms with Gasteiger partial charge in [-0.1, -0.05) is 30.3 Å². The molecule has 0 aliphatic heterocycles. The van der Waals surface area contributed by atoms with Gasteiger partial charge in [0, 0.05) is 13.0 Å². The molecule has 0 unspecified atom stereocenters. The van der Waals surface area contributed by atoms with Gasteiger partial charge < -0.3 is 35.9 Å². The Labute approximate surface area is 184 Å². The third kappa shape index (κ3) is 8.78. The van der Waals surface area contributed by atoms with Crippen molar-refractivity contribution >= 4 is 24.0 Å². The van der Waals surface area contributed by atoms with Crippen LogP contribution in [0.5, 0.6) is 0 Å². The quantitative estimate of drug-likeness (QED) is 0.304. The molecule has 0 radical (unpaired) electrons. The molecule has 1 aromatic carbocycles. The summed E-state index contributed by atoms with van der Waals surface area (Å²) in [5.41, 5.74) is 5.73. The summed E-state index contributed by atoms with van der Waals surface area (Å²) in [7, 11) is 0. The zero-order valence-corrected chi connectivity index (χ0v) is 17.3. The van der Waals surface area contributed by atoms with Crippen molar-refractivity contribution < 1.29 is 33.4 Å². The number of aliphatic carboxylic acids is 1. The standard InChI is InChI=1S/C21H26N4O7/c22-20(29)23-10-4-9-16(19(27)28)24-18(26)17(12-15-8-5-11-31-15)25-21(30)32-13-14-6-2-1-3-7-14/h1-3,5-8,11,16-17H,4,9-10,12-13H2,(H,24,26)(H,25,30)(H,27,28)(H3,22,23,29)/t16-,17-/m0/s1. The fourth-order valence-corrected chi connectivity index (χ4v) is 2.79. The lowest BCUT2D eigenvalue weighted by atomic mass is 10.1. The predicted molar refractivity (Wildman–Crippen MR) is 112 cm³/mol. The summed E-state index contributed by atoms with van der Waals surface area (Å²) in [4.78, 5) is 47.2. The summed E-state index contributed by atoms with van der Waals surface area (Å²) >= 11 is 0. The Hall–Kier alpha value is -4.02. The fourth-order valence-electron chi connectivity index (χ4n) is 2.79. The van der Waals surface area contributed by atoms with Crippen LogP contribution in [0.1, 0.15) is 24.2 Å². The number of carboxylic acid groups (broad SMARTS) is 1. The second-order valence-electron chi connectivity index (χ2n) is 6.87. The van der Waals surface area contributed by atoms with Gasteiger partial charge in [-0.3, -0.25) is 4.79 Å². The van der Waals surface area contributed by atoms with E-state index in [1.807, 2.05) is 6.07 Å². The number of carboxylic acids is 1. The van der Waals surface area contributed by atoms with Gasteiger partial charge >= 0.3 is 18.1 Å². The molecule has 1 heterocycles. The van der Waals surface area contributed by atoms with Crippen LogP contribution >= 0.6 is 0 Å². The number of carbonyl (C=O) groups excluding carboxylic acids is 3. The van der Waals surface area contributed by atoms with E-state index in [0.29, 0.717) is 5.76 Å². The van der Waals surface area contributed by atoms with Gasteiger partial charge in [0.2, 0.25) is 5.91 Å². The lowest BCUT2D eigenvalue weighted by Gasteiger charge is -2.21. The average Bonchev–Trinajstić information content (AvgIpc) is 3.27. The number of primary amides is 1. The molecule has 2 aromatic rings. The molecular formula is C21H26N4O7. The number of nitrogens with one attached hydrogen (secondary N) is 3. The Morgan fingerprint density at radius 2 is 1.78 bits per heavy atom. The van der Waals surface area contributed by atoms with Crippen LogP contribution in [-0.2, 0) is 27.4 Å². The number of carbonyl (C=O) groups is 4. The monoisotopic (exact) mass is 446 g/mol. The van der Waals surface area contributed by atoms with Crippen LogP contribution in [0.4, 0.5) is 9.59 Å². The van der Waals surface area contributed by atoms with E-state index in [1.165, 1.54) is 6.26 Å². The minimum Gasteiger partial charge on any atom is -0.480 e. The molecular weight excluding hydrogens is 420 g/mol. The first-order valence-corrected chi connectivity index (χ1v) is 9.91. The Kier molecular flexibility index (Phi) is 9.57. The summed E-state index contributed by atoms with van der Waals surface area (Å²) in [6.45, 7) is 0.168. The van der Waals surface area contributed by atoms with Gasteiger partial charge in [-0.25, -0.2) is 14.4 Å². The van der Waals surface area contributed by atoms with Gasteiger partial charge in [0.25, 0.3) is 0 Å². The average molecular weight is 446 g/mol. The molecule has 11 nitrogen and oxygen atoms in total. The smallest absolute Gasteiger partial charge is 0.408 e. The number of benzene rings is 1. The highest BCUT2D eigenvalue weighted by atomic mass is 16.5. The van der Waals surface area contributed by atoms with Crippen molar-refractivity contribution in [3.05, 3.63) is 60.1 Å². The van der Waals surface area contributed by atoms with E-state index in [0.717, 1.165) is 5.56 Å². The maximum absolute atomic E-state index is 12.8. The summed E-state index contributed by atoms with van der Waals surface area (Å²) in [6.07, 6.45) is 0.903. The summed E-state index contributed by atoms with van der Waals surface area (Å²) in [6, 6.07) is 9.17. The molecule has 0 spiro atoms. The van der Waals surface area contributed by atoms with E-state index in [2.05, 4.69) is 16.0 Å². The van der Waals surface area contributed by atoms with Crippen LogP contribution in [0, 0.1) is 0 Å². The highest BCUT2D eigenvalue weighted by molar-refractivity contribution is 5.89. The molecule has 0 saturated heterocycles. The van der Waals surface area contributed by atoms with Crippen molar-refractivity contribution in [1.29, 1.82) is 0 Å². The van der Waals surface area contributed by atoms with Crippen LogP contribution < -0.4 is 21.7 Å². The minimum atomic E-state index is -1.25. The molecule has 11 heteroatoms. The number of nitrogens with two attached hydrogens (primary N) is 1. The first kappa shape index (κ1) is 24.3. The van der Waals surface area contributed by atoms with E-state index in [1.54, 1.807) is 36.4 Å². The number of amides is 4. The lowest BCUT2D eigenvalue weighted by molar-refractivity contribution is -0.142. The predicted octanol–water partition coefficient (Wildman–Crippen LogP) is 1.14. The number of furan rings is 1. The zero-order valence-electron chi connectivity index (χ0n) is 17.3. The van der Waals surface area contributed by atoms with Crippen molar-refractivity contribution in [2.45, 2.75) is 38.0 Å². The van der Waals surface area contributed by atoms with Crippen LogP contribution in [0.3, 0.4) is 0 Å². The van der Waals surface area contributed by atoms with Crippen molar-refractivity contribution in [2.24, 2.45) is 5.73 Å². The number of alkyl carbamates (subject to hydrolysis) is 1. The molecule has 0 fully saturated rings. The Morgan fingerprint density at radius 3 is 2.41 bits per heavy atom. The SMILES string of the molecule is NC(=O)NCCC[C@H](NC(=O)[C@H](Cc1ccco1)NC(=O)OCc1ccccc1)C(=O)O. The maximum atomic E-state index is 12.8. The largest absolute Gasteiger partial charge is 0.480 e. The lowest BCUT2D eigenvalue weighted by Crippen LogP contribution is -2.52. The molecule has 0 aliphatic rings. The highest BCUT2D eigenvalue weighted by Gasteiger charge is 2.27. The first-order chi connectivity index (χ1) is 15.3. The van der Waals surface area contributed by atoms with E-state index in [9.17, 15) is 24.3 Å². The summed E-state index contributed by atoms with van der Waals surface area (Å²) in [5, 5.41) is 16.6. The molecule has 172 valence electrons. The van der Waals surface area contributed by atoms with Gasteiger partial charge in [0.05, 0.1) is 6.26 Å². The molecule has 2 rings (SSSR count). The molecule has 4 amide bonds. The van der Waals surface area contributed by atoms with Gasteiger partial charge in [-0.05, 0) is 30.5 Å². The molecule has 0 saturated carbocycles. The van der Waals surface area contributed by atoms with E-state index in [4.69, 9.17) is 14.9 Å². The summed E-state index contributed by atoms with van der Waals surface area (Å²) < 4.78 is 10.4. The Morgan fingerprint density at radius 1 is 1.03 bits per heavy atom. The molecule has 6 N–H and O–H groups in total. The molecule has 2 atom stereocenters. The van der Waals surface area contributed by atoms with Crippen molar-refractivity contribution in [3.63, 3.8) is 0 Å². The third-order valence-electron chi connectivity index (χ3n) is 4.39. The van der Waals surface area contributed by atoms with Gasteiger partial charge in [0.1, 0.15) is 24.5 Å². The van der Waals surface area contributed by atoms with Crippen LogP contribution in [-0.4, -0.2) is 47.7 Å². The van der Waals surface area contributed by atoms with Crippen LogP contribution in [0.15, 0.2) is 53.1 Å². The van der Waals surface area contributed by atoms with Gasteiger partial charge in [-0.15, -0.1) is 0 Å². The Balaban J connectivity index is 1.97. The maximum Gasteiger partial charge on any atom is 0.408 e. The van der Waals surface area contributed by atoms with E-state index in [-0.39, 0.29) is 32.4 Å². The second kappa shape index (κ2) is 12.6. The first-order valence-electron chi connectivity index (χ1n) is 9.91. The topological polar surface area (TPSA) is 173 Å². The summed E-state index contributed by atoms with van der Waals surface area (Å²) in [5.74, 6) is -1.54. The van der Waals surface area contributed by atoms with E-state index >= 15 is 0 Å². The number of rotatable bonds is 12. The van der Waals surface area contributed by atoms with Gasteiger partial charge in [-0.2, -0.15) is 0 Å². The molecule has 32 heavy (non-hydrogen) atoms. The number of hydrogen-bond acceptors (Lipinski definition) is 6. The number of hydrogen-bond donors (Lipinski definition) is 5. The number of ether oxygens (including phenoxy) is 1. The molecule has 0 aliphatic carbocycles. The van der Waals surface area contributed by atoms with Crippen molar-refractivity contribution in [2.75, 3.05) is 6.54 Å². The normalized spacial score (nSPS) is 12.2. The Bertz CT molecular complexity index is 887. The fraction of sp³-hybridized carbons (Fsp3) is 0.333. The number of urea groups is 1. The molecule has 0 bridgehead atoms. The highest BCUT2D eigenvalue weighted by Crippen LogP contribution is 2.07. The van der Waals surface area contributed by atoms with Gasteiger partial charge in [0.15, 0.2) is 0 Å².